The monoisotopic (exact) mass is 318 g/mol. The summed E-state index contributed by atoms with van der Waals surface area (Å²) >= 11 is 5.77. The summed E-state index contributed by atoms with van der Waals surface area (Å²) in [6.07, 6.45) is 2.90. The van der Waals surface area contributed by atoms with Crippen LogP contribution in [0, 0.1) is 0 Å². The Morgan fingerprint density at radius 1 is 1.00 bits per heavy atom. The Morgan fingerprint density at radius 2 is 1.64 bits per heavy atom. The van der Waals surface area contributed by atoms with E-state index in [4.69, 9.17) is 11.6 Å². The number of amides is 2. The molecule has 3 rings (SSSR count). The fraction of sp³-hybridized carbons (Fsp3) is 0.267. The first-order valence-corrected chi connectivity index (χ1v) is 7.37. The van der Waals surface area contributed by atoms with Gasteiger partial charge >= 0.3 is 6.03 Å². The minimum Gasteiger partial charge on any atom is -0.335 e. The van der Waals surface area contributed by atoms with Crippen LogP contribution in [-0.4, -0.2) is 57.7 Å². The van der Waals surface area contributed by atoms with Crippen molar-refractivity contribution in [2.45, 2.75) is 0 Å². The van der Waals surface area contributed by atoms with Crippen molar-refractivity contribution in [2.75, 3.05) is 26.2 Å². The first-order valence-electron chi connectivity index (χ1n) is 6.99. The predicted octanol–water partition coefficient (Wildman–Crippen LogP) is 1.96. The van der Waals surface area contributed by atoms with Gasteiger partial charge in [-0.3, -0.25) is 4.79 Å². The van der Waals surface area contributed by atoms with Crippen molar-refractivity contribution in [3.05, 3.63) is 53.3 Å². The van der Waals surface area contributed by atoms with Gasteiger partial charge in [-0.2, -0.15) is 9.78 Å². The average molecular weight is 319 g/mol. The Kier molecular flexibility index (Phi) is 4.11. The maximum atomic E-state index is 12.3. The molecule has 1 aromatic carbocycles. The van der Waals surface area contributed by atoms with Gasteiger partial charge < -0.3 is 9.80 Å². The van der Waals surface area contributed by atoms with Crippen LogP contribution in [0.1, 0.15) is 10.4 Å². The quantitative estimate of drug-likeness (QED) is 0.807. The lowest BCUT2D eigenvalue weighted by molar-refractivity contribution is 0.0664. The number of nitrogens with zero attached hydrogens (tertiary/aromatic N) is 4. The summed E-state index contributed by atoms with van der Waals surface area (Å²) in [4.78, 5) is 28.0. The zero-order valence-electron chi connectivity index (χ0n) is 11.9. The molecule has 2 heterocycles. The lowest BCUT2D eigenvalue weighted by Crippen LogP contribution is -2.51. The zero-order chi connectivity index (χ0) is 15.5. The van der Waals surface area contributed by atoms with Crippen LogP contribution in [0.15, 0.2) is 42.7 Å². The van der Waals surface area contributed by atoms with E-state index in [0.29, 0.717) is 36.8 Å². The second-order valence-electron chi connectivity index (χ2n) is 5.03. The maximum absolute atomic E-state index is 12.3. The van der Waals surface area contributed by atoms with Gasteiger partial charge in [0.25, 0.3) is 5.91 Å². The van der Waals surface area contributed by atoms with Crippen molar-refractivity contribution in [3.8, 4) is 0 Å². The number of hydrogen-bond acceptors (Lipinski definition) is 3. The summed E-state index contributed by atoms with van der Waals surface area (Å²) in [6, 6.07) is 8.93. The van der Waals surface area contributed by atoms with E-state index in [2.05, 4.69) is 5.10 Å². The summed E-state index contributed by atoms with van der Waals surface area (Å²) in [5, 5.41) is 4.33. The molecule has 114 valence electrons. The van der Waals surface area contributed by atoms with E-state index >= 15 is 0 Å². The largest absolute Gasteiger partial charge is 0.344 e. The molecule has 1 aromatic heterocycles. The van der Waals surface area contributed by atoms with Crippen LogP contribution in [0.2, 0.25) is 5.02 Å². The number of carbonyl (C=O) groups excluding carboxylic acids is 2. The molecule has 0 unspecified atom stereocenters. The molecule has 6 nitrogen and oxygen atoms in total. The van der Waals surface area contributed by atoms with E-state index in [1.165, 1.54) is 17.1 Å². The number of piperazine rings is 1. The maximum Gasteiger partial charge on any atom is 0.344 e. The topological polar surface area (TPSA) is 58.4 Å². The Balaban J connectivity index is 1.61. The molecule has 7 heteroatoms. The van der Waals surface area contributed by atoms with E-state index in [0.717, 1.165) is 0 Å². The van der Waals surface area contributed by atoms with E-state index in [1.54, 1.807) is 21.9 Å². The Hall–Kier alpha value is -2.34. The van der Waals surface area contributed by atoms with Gasteiger partial charge in [0.05, 0.1) is 17.4 Å². The summed E-state index contributed by atoms with van der Waals surface area (Å²) in [5.41, 5.74) is 0.668. The molecule has 1 saturated heterocycles. The summed E-state index contributed by atoms with van der Waals surface area (Å²) in [7, 11) is 0. The third kappa shape index (κ3) is 2.96. The van der Waals surface area contributed by atoms with Crippen LogP contribution in [0.3, 0.4) is 0 Å². The number of hydrogen-bond donors (Lipinski definition) is 0. The predicted molar refractivity (Wildman–Crippen MR) is 81.9 cm³/mol. The van der Waals surface area contributed by atoms with Crippen LogP contribution in [-0.2, 0) is 0 Å². The lowest BCUT2D eigenvalue weighted by Gasteiger charge is -2.34. The molecular weight excluding hydrogens is 304 g/mol. The van der Waals surface area contributed by atoms with Crippen molar-refractivity contribution in [1.29, 1.82) is 0 Å². The highest BCUT2D eigenvalue weighted by Crippen LogP contribution is 2.11. The first kappa shape index (κ1) is 14.6. The molecule has 0 radical (unpaired) electrons. The minimum atomic E-state index is -0.223. The molecule has 0 saturated carbocycles. The average Bonchev–Trinajstić information content (AvgIpc) is 3.01. The Labute approximate surface area is 132 Å². The van der Waals surface area contributed by atoms with E-state index < -0.39 is 0 Å². The summed E-state index contributed by atoms with van der Waals surface area (Å²) in [5.74, 6) is -0.00478. The standard InChI is InChI=1S/C15H15ClN4O2/c16-13-10-17-20(11-13)15(22)19-8-6-18(7-9-19)14(21)12-4-2-1-3-5-12/h1-5,10-11H,6-9H2. The molecule has 0 spiro atoms. The van der Waals surface area contributed by atoms with Crippen LogP contribution >= 0.6 is 11.6 Å². The summed E-state index contributed by atoms with van der Waals surface area (Å²) < 4.78 is 1.22. The fourth-order valence-corrected chi connectivity index (χ4v) is 2.55. The van der Waals surface area contributed by atoms with Gasteiger partial charge in [0.2, 0.25) is 0 Å². The number of carbonyl (C=O) groups is 2. The molecule has 0 bridgehead atoms. The number of halogens is 1. The highest BCUT2D eigenvalue weighted by molar-refractivity contribution is 6.30. The van der Waals surface area contributed by atoms with Gasteiger partial charge in [0.15, 0.2) is 0 Å². The zero-order valence-corrected chi connectivity index (χ0v) is 12.6. The second kappa shape index (κ2) is 6.19. The molecule has 2 aromatic rings. The second-order valence-corrected chi connectivity index (χ2v) is 5.47. The molecular formula is C15H15ClN4O2. The molecule has 0 N–H and O–H groups in total. The van der Waals surface area contributed by atoms with Crippen LogP contribution in [0.4, 0.5) is 4.79 Å². The van der Waals surface area contributed by atoms with Crippen LogP contribution in [0.25, 0.3) is 0 Å². The molecule has 1 aliphatic heterocycles. The third-order valence-electron chi connectivity index (χ3n) is 3.61. The van der Waals surface area contributed by atoms with E-state index in [1.807, 2.05) is 18.2 Å². The number of benzene rings is 1. The number of aromatic nitrogens is 2. The minimum absolute atomic E-state index is 0.00478. The van der Waals surface area contributed by atoms with Gasteiger partial charge in [0.1, 0.15) is 0 Å². The molecule has 0 aliphatic carbocycles. The molecule has 0 atom stereocenters. The molecule has 22 heavy (non-hydrogen) atoms. The van der Waals surface area contributed by atoms with Gasteiger partial charge in [-0.1, -0.05) is 29.8 Å². The van der Waals surface area contributed by atoms with Gasteiger partial charge in [0, 0.05) is 31.7 Å². The normalized spacial score (nSPS) is 15.0. The van der Waals surface area contributed by atoms with Gasteiger partial charge in [-0.05, 0) is 12.1 Å². The molecule has 1 fully saturated rings. The van der Waals surface area contributed by atoms with Crippen molar-refractivity contribution >= 4 is 23.5 Å². The SMILES string of the molecule is O=C(c1ccccc1)N1CCN(C(=O)n2cc(Cl)cn2)CC1. The third-order valence-corrected chi connectivity index (χ3v) is 3.80. The molecule has 1 aliphatic rings. The van der Waals surface area contributed by atoms with Crippen molar-refractivity contribution < 1.29 is 9.59 Å². The van der Waals surface area contributed by atoms with Crippen molar-refractivity contribution in [3.63, 3.8) is 0 Å². The van der Waals surface area contributed by atoms with Crippen LogP contribution in [0.5, 0.6) is 0 Å². The Bertz CT molecular complexity index is 678. The first-order chi connectivity index (χ1) is 10.6. The van der Waals surface area contributed by atoms with Gasteiger partial charge in [-0.25, -0.2) is 4.79 Å². The van der Waals surface area contributed by atoms with E-state index in [9.17, 15) is 9.59 Å². The van der Waals surface area contributed by atoms with Crippen molar-refractivity contribution in [2.24, 2.45) is 0 Å². The van der Waals surface area contributed by atoms with E-state index in [-0.39, 0.29) is 11.9 Å². The van der Waals surface area contributed by atoms with Gasteiger partial charge in [-0.15, -0.1) is 0 Å². The van der Waals surface area contributed by atoms with Crippen molar-refractivity contribution in [1.82, 2.24) is 19.6 Å². The smallest absolute Gasteiger partial charge is 0.335 e. The lowest BCUT2D eigenvalue weighted by atomic mass is 10.2. The highest BCUT2D eigenvalue weighted by atomic mass is 35.5. The molecule has 2 amide bonds. The Morgan fingerprint density at radius 3 is 2.23 bits per heavy atom. The summed E-state index contributed by atoms with van der Waals surface area (Å²) in [6.45, 7) is 1.98. The number of rotatable bonds is 1. The van der Waals surface area contributed by atoms with Crippen LogP contribution < -0.4 is 0 Å². The highest BCUT2D eigenvalue weighted by Gasteiger charge is 2.25. The fourth-order valence-electron chi connectivity index (χ4n) is 2.41.